The summed E-state index contributed by atoms with van der Waals surface area (Å²) in [6.45, 7) is -0.0146. The maximum absolute atomic E-state index is 12.1. The smallest absolute Gasteiger partial charge is 0.341 e. The van der Waals surface area contributed by atoms with Crippen molar-refractivity contribution >= 4 is 27.5 Å². The predicted molar refractivity (Wildman–Crippen MR) is 66.4 cm³/mol. The van der Waals surface area contributed by atoms with Crippen LogP contribution in [-0.4, -0.2) is 25.8 Å². The SMILES string of the molecule is O=C(O)c1cnoc1Cn1cnc2sccc2c1=O. The van der Waals surface area contributed by atoms with Gasteiger partial charge in [0.15, 0.2) is 5.76 Å². The van der Waals surface area contributed by atoms with Crippen LogP contribution in [0.3, 0.4) is 0 Å². The van der Waals surface area contributed by atoms with Crippen LogP contribution in [0.25, 0.3) is 10.2 Å². The van der Waals surface area contributed by atoms with E-state index in [2.05, 4.69) is 10.1 Å². The van der Waals surface area contributed by atoms with E-state index >= 15 is 0 Å². The Balaban J connectivity index is 2.06. The van der Waals surface area contributed by atoms with Gasteiger partial charge in [0.2, 0.25) is 0 Å². The van der Waals surface area contributed by atoms with Crippen molar-refractivity contribution in [2.24, 2.45) is 0 Å². The highest BCUT2D eigenvalue weighted by Gasteiger charge is 2.16. The van der Waals surface area contributed by atoms with Crippen LogP contribution in [0.5, 0.6) is 0 Å². The summed E-state index contributed by atoms with van der Waals surface area (Å²) in [5, 5.41) is 14.7. The lowest BCUT2D eigenvalue weighted by Crippen LogP contribution is -2.21. The van der Waals surface area contributed by atoms with Gasteiger partial charge >= 0.3 is 5.97 Å². The van der Waals surface area contributed by atoms with E-state index in [4.69, 9.17) is 9.63 Å². The van der Waals surface area contributed by atoms with Crippen LogP contribution < -0.4 is 5.56 Å². The van der Waals surface area contributed by atoms with E-state index in [9.17, 15) is 9.59 Å². The number of aromatic nitrogens is 3. The lowest BCUT2D eigenvalue weighted by atomic mass is 10.2. The van der Waals surface area contributed by atoms with E-state index in [1.165, 1.54) is 22.2 Å². The number of hydrogen-bond donors (Lipinski definition) is 1. The molecule has 1 N–H and O–H groups in total. The Morgan fingerprint density at radius 2 is 2.37 bits per heavy atom. The van der Waals surface area contributed by atoms with Crippen molar-refractivity contribution in [2.75, 3.05) is 0 Å². The molecule has 0 saturated heterocycles. The fraction of sp³-hybridized carbons (Fsp3) is 0.0909. The molecular weight excluding hydrogens is 270 g/mol. The van der Waals surface area contributed by atoms with Crippen LogP contribution in [0.4, 0.5) is 0 Å². The second kappa shape index (κ2) is 4.32. The fourth-order valence-corrected chi connectivity index (χ4v) is 2.44. The average Bonchev–Trinajstić information content (AvgIpc) is 3.01. The van der Waals surface area contributed by atoms with Gasteiger partial charge < -0.3 is 9.63 Å². The number of aromatic carboxylic acids is 1. The van der Waals surface area contributed by atoms with Crippen LogP contribution in [-0.2, 0) is 6.54 Å². The number of rotatable bonds is 3. The standard InChI is InChI=1S/C11H7N3O4S/c15-10-6-1-2-19-9(6)12-5-14(10)4-8-7(11(16)17)3-13-18-8/h1-3,5H,4H2,(H,16,17). The Kier molecular flexibility index (Phi) is 2.64. The molecule has 0 aliphatic heterocycles. The van der Waals surface area contributed by atoms with Crippen LogP contribution >= 0.6 is 11.3 Å². The number of carbonyl (C=O) groups is 1. The van der Waals surface area contributed by atoms with Gasteiger partial charge in [-0.25, -0.2) is 9.78 Å². The molecule has 3 heterocycles. The summed E-state index contributed by atoms with van der Waals surface area (Å²) in [4.78, 5) is 27.8. The fourth-order valence-electron chi connectivity index (χ4n) is 1.71. The molecule has 0 fully saturated rings. The van der Waals surface area contributed by atoms with Crippen LogP contribution in [0.1, 0.15) is 16.1 Å². The van der Waals surface area contributed by atoms with Gasteiger partial charge in [-0.2, -0.15) is 0 Å². The van der Waals surface area contributed by atoms with E-state index < -0.39 is 5.97 Å². The summed E-state index contributed by atoms with van der Waals surface area (Å²) in [6.07, 6.45) is 2.48. The number of carboxylic acid groups (broad SMARTS) is 1. The third-order valence-electron chi connectivity index (χ3n) is 2.64. The van der Waals surface area contributed by atoms with Crippen LogP contribution in [0.2, 0.25) is 0 Å². The Morgan fingerprint density at radius 3 is 3.16 bits per heavy atom. The van der Waals surface area contributed by atoms with E-state index in [-0.39, 0.29) is 23.4 Å². The second-order valence-corrected chi connectivity index (χ2v) is 4.68. The number of carboxylic acids is 1. The van der Waals surface area contributed by atoms with Gasteiger partial charge in [-0.3, -0.25) is 9.36 Å². The third-order valence-corrected chi connectivity index (χ3v) is 3.46. The highest BCUT2D eigenvalue weighted by atomic mass is 32.1. The molecule has 0 bridgehead atoms. The molecule has 0 amide bonds. The van der Waals surface area contributed by atoms with Gasteiger partial charge in [-0.15, -0.1) is 11.3 Å². The zero-order valence-electron chi connectivity index (χ0n) is 9.44. The number of fused-ring (bicyclic) bond motifs is 1. The zero-order chi connectivity index (χ0) is 13.4. The van der Waals surface area contributed by atoms with Gasteiger partial charge in [-0.1, -0.05) is 5.16 Å². The van der Waals surface area contributed by atoms with E-state index in [0.717, 1.165) is 6.20 Å². The lowest BCUT2D eigenvalue weighted by Gasteiger charge is -2.02. The minimum atomic E-state index is -1.14. The molecule has 0 radical (unpaired) electrons. The average molecular weight is 277 g/mol. The first-order valence-corrected chi connectivity index (χ1v) is 6.14. The normalized spacial score (nSPS) is 10.9. The van der Waals surface area contributed by atoms with Crippen molar-refractivity contribution in [3.63, 3.8) is 0 Å². The summed E-state index contributed by atoms with van der Waals surface area (Å²) in [5.41, 5.74) is -0.295. The van der Waals surface area contributed by atoms with Crippen molar-refractivity contribution in [1.29, 1.82) is 0 Å². The molecule has 8 heteroatoms. The van der Waals surface area contributed by atoms with E-state index in [1.54, 1.807) is 11.4 Å². The highest BCUT2D eigenvalue weighted by Crippen LogP contribution is 2.14. The molecule has 0 aromatic carbocycles. The van der Waals surface area contributed by atoms with Gasteiger partial charge in [0, 0.05) is 0 Å². The van der Waals surface area contributed by atoms with Gasteiger partial charge in [0.25, 0.3) is 5.56 Å². The minimum Gasteiger partial charge on any atom is -0.478 e. The molecule has 3 aromatic heterocycles. The third kappa shape index (κ3) is 1.91. The molecule has 0 aliphatic rings. The maximum Gasteiger partial charge on any atom is 0.341 e. The first-order valence-electron chi connectivity index (χ1n) is 5.26. The van der Waals surface area contributed by atoms with Crippen molar-refractivity contribution in [1.82, 2.24) is 14.7 Å². The van der Waals surface area contributed by atoms with E-state index in [1.807, 2.05) is 0 Å². The second-order valence-electron chi connectivity index (χ2n) is 3.78. The molecule has 0 saturated carbocycles. The van der Waals surface area contributed by atoms with Crippen molar-refractivity contribution in [3.8, 4) is 0 Å². The Labute approximate surface area is 109 Å². The molecule has 0 atom stereocenters. The monoisotopic (exact) mass is 277 g/mol. The maximum atomic E-state index is 12.1. The van der Waals surface area contributed by atoms with Crippen LogP contribution in [0, 0.1) is 0 Å². The van der Waals surface area contributed by atoms with Gasteiger partial charge in [0.1, 0.15) is 10.4 Å². The quantitative estimate of drug-likeness (QED) is 0.772. The molecule has 96 valence electrons. The van der Waals surface area contributed by atoms with Gasteiger partial charge in [0.05, 0.1) is 24.5 Å². The number of hydrogen-bond acceptors (Lipinski definition) is 6. The topological polar surface area (TPSA) is 98.2 Å². The summed E-state index contributed by atoms with van der Waals surface area (Å²) in [6, 6.07) is 1.68. The predicted octanol–water partition coefficient (Wildman–Crippen LogP) is 1.19. The Hall–Kier alpha value is -2.48. The molecule has 0 unspecified atom stereocenters. The first kappa shape index (κ1) is 11.6. The van der Waals surface area contributed by atoms with E-state index in [0.29, 0.717) is 10.2 Å². The summed E-state index contributed by atoms with van der Waals surface area (Å²) >= 11 is 1.37. The number of thiophene rings is 1. The number of nitrogens with zero attached hydrogens (tertiary/aromatic N) is 3. The summed E-state index contributed by atoms with van der Waals surface area (Å²) < 4.78 is 6.16. The van der Waals surface area contributed by atoms with Crippen LogP contribution in [0.15, 0.2) is 33.3 Å². The molecular formula is C11H7N3O4S. The van der Waals surface area contributed by atoms with Gasteiger partial charge in [-0.05, 0) is 11.4 Å². The largest absolute Gasteiger partial charge is 0.478 e. The molecule has 0 spiro atoms. The molecule has 7 nitrogen and oxygen atoms in total. The summed E-state index contributed by atoms with van der Waals surface area (Å²) in [7, 11) is 0. The van der Waals surface area contributed by atoms with Crippen molar-refractivity contribution in [2.45, 2.75) is 6.54 Å². The first-order chi connectivity index (χ1) is 9.16. The summed E-state index contributed by atoms with van der Waals surface area (Å²) in [5.74, 6) is -1.03. The molecule has 3 aromatic rings. The Bertz CT molecular complexity index is 817. The Morgan fingerprint density at radius 1 is 1.53 bits per heavy atom. The molecule has 19 heavy (non-hydrogen) atoms. The molecule has 3 rings (SSSR count). The lowest BCUT2D eigenvalue weighted by molar-refractivity contribution is 0.0694. The minimum absolute atomic E-state index is 0.0146. The highest BCUT2D eigenvalue weighted by molar-refractivity contribution is 7.16. The molecule has 0 aliphatic carbocycles. The van der Waals surface area contributed by atoms with Crippen molar-refractivity contribution < 1.29 is 14.4 Å². The van der Waals surface area contributed by atoms with Crippen molar-refractivity contribution in [3.05, 3.63) is 45.6 Å². The zero-order valence-corrected chi connectivity index (χ0v) is 10.3.